The number of nitrogens with two attached hydrogens (primary N) is 1. The number of para-hydroxylation sites is 1. The van der Waals surface area contributed by atoms with Crippen molar-refractivity contribution in [2.45, 2.75) is 52.1 Å². The van der Waals surface area contributed by atoms with Crippen LogP contribution in [0.5, 0.6) is 5.75 Å². The van der Waals surface area contributed by atoms with Gasteiger partial charge in [0, 0.05) is 6.54 Å². The third kappa shape index (κ3) is 3.34. The van der Waals surface area contributed by atoms with Crippen molar-refractivity contribution in [1.82, 2.24) is 0 Å². The summed E-state index contributed by atoms with van der Waals surface area (Å²) in [4.78, 5) is 2.39. The van der Waals surface area contributed by atoms with Crippen molar-refractivity contribution in [1.29, 1.82) is 0 Å². The molecule has 1 aliphatic heterocycles. The molecular weight excluding hydrogens is 236 g/mol. The number of hydrogen-bond donors (Lipinski definition) is 1. The van der Waals surface area contributed by atoms with E-state index in [-0.39, 0.29) is 5.60 Å². The number of anilines is 2. The fourth-order valence-electron chi connectivity index (χ4n) is 2.75. The number of benzene rings is 1. The maximum Gasteiger partial charge on any atom is 0.145 e. The molecule has 106 valence electrons. The summed E-state index contributed by atoms with van der Waals surface area (Å²) in [5, 5.41) is 0. The fraction of sp³-hybridized carbons (Fsp3) is 0.625. The predicted octanol–water partition coefficient (Wildman–Crippen LogP) is 3.83. The standard InChI is InChI=1S/C16H26N2O/c1-4-5-6-7-11-18-12-16(2,3)19-14-10-8-9-13(17)15(14)18/h8-10H,4-7,11-12,17H2,1-3H3. The van der Waals surface area contributed by atoms with Gasteiger partial charge in [0.1, 0.15) is 17.0 Å². The molecule has 0 aromatic heterocycles. The Bertz CT molecular complexity index is 429. The Hall–Kier alpha value is -1.38. The van der Waals surface area contributed by atoms with E-state index in [2.05, 4.69) is 25.7 Å². The highest BCUT2D eigenvalue weighted by Gasteiger charge is 2.32. The number of ether oxygens (including phenoxy) is 1. The first-order chi connectivity index (χ1) is 9.03. The van der Waals surface area contributed by atoms with E-state index in [1.165, 1.54) is 25.7 Å². The summed E-state index contributed by atoms with van der Waals surface area (Å²) in [6.07, 6.45) is 5.09. The minimum Gasteiger partial charge on any atom is -0.484 e. The molecular formula is C16H26N2O. The summed E-state index contributed by atoms with van der Waals surface area (Å²) >= 11 is 0. The molecule has 2 N–H and O–H groups in total. The number of nitrogen functional groups attached to an aromatic ring is 1. The quantitative estimate of drug-likeness (QED) is 0.647. The van der Waals surface area contributed by atoms with Gasteiger partial charge in [0.15, 0.2) is 0 Å². The molecule has 0 saturated carbocycles. The third-order valence-electron chi connectivity index (χ3n) is 3.59. The fourth-order valence-corrected chi connectivity index (χ4v) is 2.75. The molecule has 1 aromatic carbocycles. The second-order valence-corrected chi connectivity index (χ2v) is 6.04. The topological polar surface area (TPSA) is 38.5 Å². The smallest absolute Gasteiger partial charge is 0.145 e. The molecule has 0 amide bonds. The minimum absolute atomic E-state index is 0.147. The molecule has 0 unspecified atom stereocenters. The normalized spacial score (nSPS) is 16.9. The summed E-state index contributed by atoms with van der Waals surface area (Å²) in [7, 11) is 0. The molecule has 0 atom stereocenters. The van der Waals surface area contributed by atoms with Gasteiger partial charge in [-0.05, 0) is 32.4 Å². The average molecular weight is 262 g/mol. The molecule has 19 heavy (non-hydrogen) atoms. The Morgan fingerprint density at radius 1 is 1.26 bits per heavy atom. The number of rotatable bonds is 5. The van der Waals surface area contributed by atoms with Crippen molar-refractivity contribution >= 4 is 11.4 Å². The zero-order chi connectivity index (χ0) is 13.9. The van der Waals surface area contributed by atoms with Gasteiger partial charge in [0.05, 0.1) is 12.2 Å². The van der Waals surface area contributed by atoms with Gasteiger partial charge in [0.2, 0.25) is 0 Å². The first-order valence-electron chi connectivity index (χ1n) is 7.36. The summed E-state index contributed by atoms with van der Waals surface area (Å²) in [5.41, 5.74) is 7.89. The lowest BCUT2D eigenvalue weighted by molar-refractivity contribution is 0.105. The van der Waals surface area contributed by atoms with Crippen LogP contribution in [0, 0.1) is 0 Å². The highest BCUT2D eigenvalue weighted by atomic mass is 16.5. The van der Waals surface area contributed by atoms with Crippen LogP contribution in [0.3, 0.4) is 0 Å². The van der Waals surface area contributed by atoms with Crippen molar-refractivity contribution in [3.8, 4) is 5.75 Å². The van der Waals surface area contributed by atoms with Crippen LogP contribution in [-0.4, -0.2) is 18.7 Å². The van der Waals surface area contributed by atoms with E-state index in [0.29, 0.717) is 0 Å². The highest BCUT2D eigenvalue weighted by Crippen LogP contribution is 2.40. The molecule has 0 fully saturated rings. The Morgan fingerprint density at radius 3 is 2.79 bits per heavy atom. The lowest BCUT2D eigenvalue weighted by atomic mass is 10.0. The molecule has 0 saturated heterocycles. The minimum atomic E-state index is -0.147. The van der Waals surface area contributed by atoms with Crippen molar-refractivity contribution in [3.05, 3.63) is 18.2 Å². The van der Waals surface area contributed by atoms with Gasteiger partial charge in [-0.3, -0.25) is 0 Å². The van der Waals surface area contributed by atoms with E-state index < -0.39 is 0 Å². The van der Waals surface area contributed by atoms with Crippen LogP contribution in [0.1, 0.15) is 46.5 Å². The van der Waals surface area contributed by atoms with Crippen molar-refractivity contribution in [2.24, 2.45) is 0 Å². The lowest BCUT2D eigenvalue weighted by Crippen LogP contribution is -2.47. The van der Waals surface area contributed by atoms with Crippen LogP contribution in [-0.2, 0) is 0 Å². The average Bonchev–Trinajstić information content (AvgIpc) is 2.33. The van der Waals surface area contributed by atoms with Crippen LogP contribution < -0.4 is 15.4 Å². The second kappa shape index (κ2) is 5.72. The van der Waals surface area contributed by atoms with E-state index in [1.807, 2.05) is 18.2 Å². The van der Waals surface area contributed by atoms with Crippen LogP contribution >= 0.6 is 0 Å². The molecule has 0 bridgehead atoms. The molecule has 3 nitrogen and oxygen atoms in total. The maximum atomic E-state index is 6.13. The van der Waals surface area contributed by atoms with E-state index in [0.717, 1.165) is 30.2 Å². The van der Waals surface area contributed by atoms with Crippen LogP contribution in [0.25, 0.3) is 0 Å². The summed E-state index contributed by atoms with van der Waals surface area (Å²) in [6.45, 7) is 8.48. The largest absolute Gasteiger partial charge is 0.484 e. The lowest BCUT2D eigenvalue weighted by Gasteiger charge is -2.41. The van der Waals surface area contributed by atoms with E-state index in [4.69, 9.17) is 10.5 Å². The molecule has 1 heterocycles. The number of nitrogens with zero attached hydrogens (tertiary/aromatic N) is 1. The molecule has 3 heteroatoms. The van der Waals surface area contributed by atoms with Gasteiger partial charge < -0.3 is 15.4 Å². The molecule has 0 spiro atoms. The Balaban J connectivity index is 2.14. The first-order valence-corrected chi connectivity index (χ1v) is 7.36. The highest BCUT2D eigenvalue weighted by molar-refractivity contribution is 5.76. The van der Waals surface area contributed by atoms with Gasteiger partial charge >= 0.3 is 0 Å². The van der Waals surface area contributed by atoms with E-state index >= 15 is 0 Å². The SMILES string of the molecule is CCCCCCN1CC(C)(C)Oc2cccc(N)c21. The zero-order valence-electron chi connectivity index (χ0n) is 12.4. The van der Waals surface area contributed by atoms with Gasteiger partial charge in [-0.15, -0.1) is 0 Å². The molecule has 1 aliphatic rings. The first kappa shape index (κ1) is 14.0. The van der Waals surface area contributed by atoms with Gasteiger partial charge in [0.25, 0.3) is 0 Å². The number of unbranched alkanes of at least 4 members (excludes halogenated alkanes) is 3. The third-order valence-corrected chi connectivity index (χ3v) is 3.59. The van der Waals surface area contributed by atoms with Gasteiger partial charge in [-0.1, -0.05) is 32.3 Å². The Kier molecular flexibility index (Phi) is 4.23. The van der Waals surface area contributed by atoms with Crippen molar-refractivity contribution in [3.63, 3.8) is 0 Å². The molecule has 0 radical (unpaired) electrons. The summed E-state index contributed by atoms with van der Waals surface area (Å²) in [6, 6.07) is 5.94. The van der Waals surface area contributed by atoms with Crippen LogP contribution in [0.4, 0.5) is 11.4 Å². The van der Waals surface area contributed by atoms with E-state index in [1.54, 1.807) is 0 Å². The van der Waals surface area contributed by atoms with Crippen molar-refractivity contribution in [2.75, 3.05) is 23.7 Å². The Labute approximate surface area is 116 Å². The zero-order valence-corrected chi connectivity index (χ0v) is 12.4. The monoisotopic (exact) mass is 262 g/mol. The number of hydrogen-bond acceptors (Lipinski definition) is 3. The molecule has 1 aromatic rings. The summed E-state index contributed by atoms with van der Waals surface area (Å²) < 4.78 is 6.04. The molecule has 0 aliphatic carbocycles. The van der Waals surface area contributed by atoms with Crippen LogP contribution in [0.15, 0.2) is 18.2 Å². The van der Waals surface area contributed by atoms with Gasteiger partial charge in [-0.25, -0.2) is 0 Å². The second-order valence-electron chi connectivity index (χ2n) is 6.04. The predicted molar refractivity (Wildman–Crippen MR) is 81.9 cm³/mol. The number of fused-ring (bicyclic) bond motifs is 1. The Morgan fingerprint density at radius 2 is 2.05 bits per heavy atom. The van der Waals surface area contributed by atoms with Crippen LogP contribution in [0.2, 0.25) is 0 Å². The molecule has 2 rings (SSSR count). The van der Waals surface area contributed by atoms with Gasteiger partial charge in [-0.2, -0.15) is 0 Å². The van der Waals surface area contributed by atoms with Crippen molar-refractivity contribution < 1.29 is 4.74 Å². The van der Waals surface area contributed by atoms with E-state index in [9.17, 15) is 0 Å². The maximum absolute atomic E-state index is 6.13. The summed E-state index contributed by atoms with van der Waals surface area (Å²) in [5.74, 6) is 0.923.